The lowest BCUT2D eigenvalue weighted by molar-refractivity contribution is -0.129. The van der Waals surface area contributed by atoms with Gasteiger partial charge in [-0.1, -0.05) is 37.6 Å². The Morgan fingerprint density at radius 2 is 1.83 bits per heavy atom. The van der Waals surface area contributed by atoms with Crippen LogP contribution in [0.4, 0.5) is 0 Å². The van der Waals surface area contributed by atoms with E-state index in [-0.39, 0.29) is 11.3 Å². The van der Waals surface area contributed by atoms with Crippen LogP contribution in [0.2, 0.25) is 0 Å². The number of aryl methyl sites for hydroxylation is 1. The number of carbonyl (C=O) groups is 2. The summed E-state index contributed by atoms with van der Waals surface area (Å²) in [6.07, 6.45) is 0.721. The third-order valence-corrected chi connectivity index (χ3v) is 6.64. The monoisotopic (exact) mass is 476 g/mol. The minimum Gasteiger partial charge on any atom is -0.503 e. The predicted octanol–water partition coefficient (Wildman–Crippen LogP) is 5.06. The van der Waals surface area contributed by atoms with Crippen LogP contribution >= 0.6 is 0 Å². The Labute approximate surface area is 205 Å². The number of rotatable bonds is 10. The highest BCUT2D eigenvalue weighted by molar-refractivity contribution is 6.16. The molecule has 0 fully saturated rings. The van der Waals surface area contributed by atoms with Gasteiger partial charge in [-0.05, 0) is 68.9 Å². The number of ether oxygens (including phenoxy) is 1. The van der Waals surface area contributed by atoms with Crippen LogP contribution in [0.3, 0.4) is 0 Å². The Balaban J connectivity index is 1.70. The first-order chi connectivity index (χ1) is 16.9. The number of amides is 1. The first kappa shape index (κ1) is 24.5. The Kier molecular flexibility index (Phi) is 7.26. The maximum atomic E-state index is 13.7. The fourth-order valence-electron chi connectivity index (χ4n) is 4.66. The summed E-state index contributed by atoms with van der Waals surface area (Å²) in [4.78, 5) is 30.7. The lowest BCUT2D eigenvalue weighted by atomic mass is 9.95. The van der Waals surface area contributed by atoms with Crippen LogP contribution in [-0.2, 0) is 4.79 Å². The molecule has 1 aliphatic heterocycles. The van der Waals surface area contributed by atoms with Gasteiger partial charge in [0.25, 0.3) is 5.91 Å². The molecule has 7 heteroatoms. The number of hydrogen-bond donors (Lipinski definition) is 1. The number of furan rings is 1. The molecule has 1 amide bonds. The quantitative estimate of drug-likeness (QED) is 0.412. The molecule has 3 aromatic rings. The number of aliphatic hydroxyl groups is 1. The van der Waals surface area contributed by atoms with Crippen LogP contribution in [0, 0.1) is 6.92 Å². The Morgan fingerprint density at radius 3 is 2.49 bits per heavy atom. The molecule has 0 bridgehead atoms. The molecule has 1 N–H and O–H groups in total. The molecule has 1 aliphatic rings. The van der Waals surface area contributed by atoms with Crippen molar-refractivity contribution in [1.82, 2.24) is 9.80 Å². The van der Waals surface area contributed by atoms with Gasteiger partial charge in [-0.15, -0.1) is 0 Å². The van der Waals surface area contributed by atoms with Crippen LogP contribution in [0.15, 0.2) is 64.3 Å². The summed E-state index contributed by atoms with van der Waals surface area (Å²) >= 11 is 0. The predicted molar refractivity (Wildman–Crippen MR) is 135 cm³/mol. The van der Waals surface area contributed by atoms with Gasteiger partial charge in [0, 0.05) is 11.9 Å². The normalized spacial score (nSPS) is 16.1. The summed E-state index contributed by atoms with van der Waals surface area (Å²) in [5, 5.41) is 11.7. The maximum absolute atomic E-state index is 13.7. The topological polar surface area (TPSA) is 83.2 Å². The van der Waals surface area contributed by atoms with E-state index in [9.17, 15) is 14.7 Å². The van der Waals surface area contributed by atoms with Crippen molar-refractivity contribution < 1.29 is 23.8 Å². The van der Waals surface area contributed by atoms with Gasteiger partial charge in [-0.2, -0.15) is 0 Å². The zero-order chi connectivity index (χ0) is 25.1. The van der Waals surface area contributed by atoms with E-state index in [1.54, 1.807) is 30.2 Å². The van der Waals surface area contributed by atoms with Gasteiger partial charge in [0.05, 0.1) is 18.7 Å². The molecule has 4 rings (SSSR count). The number of benzene rings is 2. The number of methoxy groups -OCH3 is 1. The van der Waals surface area contributed by atoms with Gasteiger partial charge in [0.15, 0.2) is 11.5 Å². The van der Waals surface area contributed by atoms with Crippen LogP contribution in [0.25, 0.3) is 11.0 Å². The van der Waals surface area contributed by atoms with E-state index in [0.717, 1.165) is 42.6 Å². The number of ketones is 1. The number of fused-ring (bicyclic) bond motifs is 1. The molecular weight excluding hydrogens is 444 g/mol. The second-order valence-electron chi connectivity index (χ2n) is 8.80. The van der Waals surface area contributed by atoms with E-state index in [0.29, 0.717) is 17.9 Å². The molecule has 0 spiro atoms. The summed E-state index contributed by atoms with van der Waals surface area (Å²) in [5.74, 6) is -0.781. The summed E-state index contributed by atoms with van der Waals surface area (Å²) in [5.41, 5.74) is 2.39. The number of hydrogen-bond acceptors (Lipinski definition) is 6. The van der Waals surface area contributed by atoms with Gasteiger partial charge < -0.3 is 24.1 Å². The van der Waals surface area contributed by atoms with Crippen LogP contribution < -0.4 is 4.74 Å². The van der Waals surface area contributed by atoms with Gasteiger partial charge in [0.1, 0.15) is 11.3 Å². The van der Waals surface area contributed by atoms with Crippen molar-refractivity contribution in [3.05, 3.63) is 76.8 Å². The molecule has 7 nitrogen and oxygen atoms in total. The minimum atomic E-state index is -0.715. The highest BCUT2D eigenvalue weighted by atomic mass is 16.5. The van der Waals surface area contributed by atoms with Crippen molar-refractivity contribution in [2.24, 2.45) is 0 Å². The van der Waals surface area contributed by atoms with Gasteiger partial charge >= 0.3 is 0 Å². The highest BCUT2D eigenvalue weighted by Crippen LogP contribution is 2.40. The maximum Gasteiger partial charge on any atom is 0.290 e. The Bertz CT molecular complexity index is 1250. The largest absolute Gasteiger partial charge is 0.503 e. The Morgan fingerprint density at radius 1 is 1.11 bits per heavy atom. The summed E-state index contributed by atoms with van der Waals surface area (Å²) in [7, 11) is 1.58. The third kappa shape index (κ3) is 4.82. The van der Waals surface area contributed by atoms with Crippen molar-refractivity contribution in [1.29, 1.82) is 0 Å². The fraction of sp³-hybridized carbons (Fsp3) is 0.357. The molecule has 1 aromatic heterocycles. The number of aliphatic hydroxyl groups excluding tert-OH is 1. The van der Waals surface area contributed by atoms with Crippen molar-refractivity contribution >= 4 is 22.7 Å². The van der Waals surface area contributed by atoms with Crippen LogP contribution in [0.1, 0.15) is 48.0 Å². The number of carbonyl (C=O) groups excluding carboxylic acids is 2. The molecule has 0 saturated carbocycles. The van der Waals surface area contributed by atoms with Crippen molar-refractivity contribution in [3.63, 3.8) is 0 Å². The zero-order valence-electron chi connectivity index (χ0n) is 20.7. The number of Topliss-reactive ketones (excluding diaryl/α,β-unsaturated/α-hetero) is 1. The second kappa shape index (κ2) is 10.4. The molecule has 1 atom stereocenters. The molecule has 0 saturated heterocycles. The highest BCUT2D eigenvalue weighted by Gasteiger charge is 2.44. The molecule has 0 radical (unpaired) electrons. The first-order valence-electron chi connectivity index (χ1n) is 12.0. The standard InChI is InChI=1S/C28H32N2O5/c1-5-29(6-2)14-7-15-30-25(19-9-11-21(34-4)12-10-19)24(27(32)28(30)33)26(31)23-17-20-16-18(3)8-13-22(20)35-23/h8-13,16-17,25,32H,5-7,14-15H2,1-4H3. The van der Waals surface area contributed by atoms with E-state index in [1.165, 1.54) is 0 Å². The van der Waals surface area contributed by atoms with Crippen molar-refractivity contribution in [2.45, 2.75) is 33.2 Å². The minimum absolute atomic E-state index is 0.0405. The third-order valence-electron chi connectivity index (χ3n) is 6.64. The SMILES string of the molecule is CCN(CC)CCCN1C(=O)C(O)=C(C(=O)c2cc3cc(C)ccc3o2)C1c1ccc(OC)cc1. The van der Waals surface area contributed by atoms with E-state index < -0.39 is 23.5 Å². The Hall–Kier alpha value is -3.58. The van der Waals surface area contributed by atoms with E-state index in [4.69, 9.17) is 9.15 Å². The second-order valence-corrected chi connectivity index (χ2v) is 8.80. The molecule has 0 aliphatic carbocycles. The summed E-state index contributed by atoms with van der Waals surface area (Å²) in [6, 6.07) is 13.8. The van der Waals surface area contributed by atoms with E-state index in [2.05, 4.69) is 18.7 Å². The smallest absolute Gasteiger partial charge is 0.290 e. The molecule has 184 valence electrons. The van der Waals surface area contributed by atoms with Gasteiger partial charge in [0.2, 0.25) is 5.78 Å². The number of nitrogens with zero attached hydrogens (tertiary/aromatic N) is 2. The molecule has 35 heavy (non-hydrogen) atoms. The molecular formula is C28H32N2O5. The van der Waals surface area contributed by atoms with Crippen molar-refractivity contribution in [2.75, 3.05) is 33.3 Å². The molecule has 2 heterocycles. The lowest BCUT2D eigenvalue weighted by Crippen LogP contribution is -2.34. The average Bonchev–Trinajstić information content (AvgIpc) is 3.40. The van der Waals surface area contributed by atoms with Gasteiger partial charge in [-0.25, -0.2) is 0 Å². The lowest BCUT2D eigenvalue weighted by Gasteiger charge is -2.28. The average molecular weight is 477 g/mol. The molecule has 1 unspecified atom stereocenters. The van der Waals surface area contributed by atoms with Crippen LogP contribution in [0.5, 0.6) is 5.75 Å². The van der Waals surface area contributed by atoms with E-state index >= 15 is 0 Å². The van der Waals surface area contributed by atoms with Crippen LogP contribution in [-0.4, -0.2) is 59.9 Å². The summed E-state index contributed by atoms with van der Waals surface area (Å²) in [6.45, 7) is 9.24. The zero-order valence-corrected chi connectivity index (χ0v) is 20.7. The fourth-order valence-corrected chi connectivity index (χ4v) is 4.66. The van der Waals surface area contributed by atoms with Gasteiger partial charge in [-0.3, -0.25) is 9.59 Å². The summed E-state index contributed by atoms with van der Waals surface area (Å²) < 4.78 is 11.1. The molecule has 2 aromatic carbocycles. The van der Waals surface area contributed by atoms with Crippen molar-refractivity contribution in [3.8, 4) is 5.75 Å². The first-order valence-corrected chi connectivity index (χ1v) is 12.0. The van der Waals surface area contributed by atoms with E-state index in [1.807, 2.05) is 37.3 Å².